The molecular formula is C14H24ClNO. The Bertz CT molecular complexity index is 257. The first-order valence-corrected chi connectivity index (χ1v) is 7.68. The van der Waals surface area contributed by atoms with E-state index in [-0.39, 0.29) is 11.8 Å². The second-order valence-electron chi connectivity index (χ2n) is 5.65. The number of fused-ring (bicyclic) bond motifs is 1. The molecule has 3 atom stereocenters. The molecule has 98 valence electrons. The summed E-state index contributed by atoms with van der Waals surface area (Å²) in [5, 5.41) is 3.03. The van der Waals surface area contributed by atoms with Crippen LogP contribution in [0.4, 0.5) is 0 Å². The minimum absolute atomic E-state index is 0.277. The topological polar surface area (TPSA) is 29.1 Å². The van der Waals surface area contributed by atoms with Gasteiger partial charge in [0.25, 0.3) is 0 Å². The van der Waals surface area contributed by atoms with Crippen LogP contribution in [0.25, 0.3) is 0 Å². The lowest BCUT2D eigenvalue weighted by atomic mass is 9.67. The van der Waals surface area contributed by atoms with Crippen LogP contribution in [-0.4, -0.2) is 18.3 Å². The van der Waals surface area contributed by atoms with Crippen molar-refractivity contribution in [1.82, 2.24) is 5.32 Å². The number of carbonyl (C=O) groups is 1. The lowest BCUT2D eigenvalue weighted by Crippen LogP contribution is -2.37. The molecule has 0 aromatic carbocycles. The van der Waals surface area contributed by atoms with Gasteiger partial charge in [0, 0.05) is 18.3 Å². The first-order valence-electron chi connectivity index (χ1n) is 7.15. The largest absolute Gasteiger partial charge is 0.356 e. The fourth-order valence-electron chi connectivity index (χ4n) is 3.53. The summed E-state index contributed by atoms with van der Waals surface area (Å²) >= 11 is 5.61. The molecule has 2 fully saturated rings. The van der Waals surface area contributed by atoms with E-state index in [1.54, 1.807) is 0 Å². The number of hydrogen-bond donors (Lipinski definition) is 1. The van der Waals surface area contributed by atoms with Crippen molar-refractivity contribution >= 4 is 17.5 Å². The maximum atomic E-state index is 12.0. The van der Waals surface area contributed by atoms with Crippen molar-refractivity contribution in [1.29, 1.82) is 0 Å². The average molecular weight is 258 g/mol. The lowest BCUT2D eigenvalue weighted by Gasteiger charge is -2.38. The molecule has 0 aromatic heterocycles. The van der Waals surface area contributed by atoms with E-state index in [0.717, 1.165) is 37.6 Å². The predicted molar refractivity (Wildman–Crippen MR) is 71.1 cm³/mol. The molecule has 0 spiro atoms. The third-order valence-electron chi connectivity index (χ3n) is 4.52. The fourth-order valence-corrected chi connectivity index (χ4v) is 3.67. The molecule has 2 aliphatic carbocycles. The third kappa shape index (κ3) is 3.61. The van der Waals surface area contributed by atoms with Gasteiger partial charge >= 0.3 is 0 Å². The summed E-state index contributed by atoms with van der Waals surface area (Å²) in [6, 6.07) is 0. The molecular weight excluding hydrogens is 234 g/mol. The number of alkyl halides is 1. The first kappa shape index (κ1) is 13.2. The quantitative estimate of drug-likeness (QED) is 0.607. The van der Waals surface area contributed by atoms with Crippen LogP contribution in [0.2, 0.25) is 0 Å². The number of amides is 1. The minimum Gasteiger partial charge on any atom is -0.356 e. The van der Waals surface area contributed by atoms with Gasteiger partial charge in [-0.05, 0) is 37.5 Å². The Morgan fingerprint density at radius 3 is 2.65 bits per heavy atom. The average Bonchev–Trinajstić information content (AvgIpc) is 2.38. The van der Waals surface area contributed by atoms with Gasteiger partial charge in [-0.15, -0.1) is 11.6 Å². The maximum Gasteiger partial charge on any atom is 0.223 e. The molecule has 0 bridgehead atoms. The van der Waals surface area contributed by atoms with E-state index in [1.165, 1.54) is 32.1 Å². The Labute approximate surface area is 109 Å². The molecule has 0 aliphatic heterocycles. The number of carbonyl (C=O) groups excluding carboxylic acids is 1. The summed E-state index contributed by atoms with van der Waals surface area (Å²) < 4.78 is 0. The molecule has 2 saturated carbocycles. The molecule has 0 saturated heterocycles. The molecule has 3 heteroatoms. The van der Waals surface area contributed by atoms with E-state index in [0.29, 0.717) is 5.88 Å². The summed E-state index contributed by atoms with van der Waals surface area (Å²) in [5.74, 6) is 2.95. The molecule has 0 heterocycles. The van der Waals surface area contributed by atoms with Gasteiger partial charge in [0.15, 0.2) is 0 Å². The highest BCUT2D eigenvalue weighted by Gasteiger charge is 2.34. The van der Waals surface area contributed by atoms with Crippen LogP contribution in [0.1, 0.15) is 51.4 Å². The highest BCUT2D eigenvalue weighted by atomic mass is 35.5. The maximum absolute atomic E-state index is 12.0. The van der Waals surface area contributed by atoms with Crippen molar-refractivity contribution in [3.05, 3.63) is 0 Å². The first-order chi connectivity index (χ1) is 8.31. The van der Waals surface area contributed by atoms with Crippen LogP contribution in [0.3, 0.4) is 0 Å². The van der Waals surface area contributed by atoms with E-state index in [9.17, 15) is 4.79 Å². The zero-order valence-electron chi connectivity index (χ0n) is 10.6. The SMILES string of the molecule is O=C(NCCCCl)C1CCC2CCCCC2C1. The second kappa shape index (κ2) is 6.63. The fraction of sp³-hybridized carbons (Fsp3) is 0.929. The summed E-state index contributed by atoms with van der Waals surface area (Å²) in [6.07, 6.45) is 9.95. The molecule has 2 nitrogen and oxygen atoms in total. The van der Waals surface area contributed by atoms with E-state index < -0.39 is 0 Å². The third-order valence-corrected chi connectivity index (χ3v) is 4.79. The molecule has 1 N–H and O–H groups in total. The number of hydrogen-bond acceptors (Lipinski definition) is 1. The van der Waals surface area contributed by atoms with E-state index in [4.69, 9.17) is 11.6 Å². The summed E-state index contributed by atoms with van der Waals surface area (Å²) in [5.41, 5.74) is 0. The van der Waals surface area contributed by atoms with Crippen molar-refractivity contribution in [3.8, 4) is 0 Å². The standard InChI is InChI=1S/C14H24ClNO/c15-8-3-9-16-14(17)13-7-6-11-4-1-2-5-12(11)10-13/h11-13H,1-10H2,(H,16,17). The zero-order chi connectivity index (χ0) is 12.1. The monoisotopic (exact) mass is 257 g/mol. The van der Waals surface area contributed by atoms with Gasteiger partial charge in [-0.1, -0.05) is 25.7 Å². The smallest absolute Gasteiger partial charge is 0.223 e. The van der Waals surface area contributed by atoms with Gasteiger partial charge < -0.3 is 5.32 Å². The van der Waals surface area contributed by atoms with Gasteiger partial charge in [0.05, 0.1) is 0 Å². The number of rotatable bonds is 4. The van der Waals surface area contributed by atoms with Crippen molar-refractivity contribution in [2.75, 3.05) is 12.4 Å². The van der Waals surface area contributed by atoms with Gasteiger partial charge in [-0.25, -0.2) is 0 Å². The minimum atomic E-state index is 0.277. The van der Waals surface area contributed by atoms with Crippen LogP contribution in [0, 0.1) is 17.8 Å². The van der Waals surface area contributed by atoms with Crippen LogP contribution in [0.5, 0.6) is 0 Å². The highest BCUT2D eigenvalue weighted by molar-refractivity contribution is 6.17. The van der Waals surface area contributed by atoms with Crippen molar-refractivity contribution < 1.29 is 4.79 Å². The molecule has 1 amide bonds. The van der Waals surface area contributed by atoms with Crippen molar-refractivity contribution in [3.63, 3.8) is 0 Å². The highest BCUT2D eigenvalue weighted by Crippen LogP contribution is 2.42. The Kier molecular flexibility index (Phi) is 5.15. The number of halogens is 1. The Balaban J connectivity index is 1.76. The van der Waals surface area contributed by atoms with E-state index in [1.807, 2.05) is 0 Å². The molecule has 0 aromatic rings. The van der Waals surface area contributed by atoms with Gasteiger partial charge in [-0.3, -0.25) is 4.79 Å². The molecule has 0 radical (unpaired) electrons. The Morgan fingerprint density at radius 1 is 1.12 bits per heavy atom. The Morgan fingerprint density at radius 2 is 1.88 bits per heavy atom. The zero-order valence-corrected chi connectivity index (χ0v) is 11.3. The van der Waals surface area contributed by atoms with Gasteiger partial charge in [0.1, 0.15) is 0 Å². The van der Waals surface area contributed by atoms with Crippen LogP contribution in [0.15, 0.2) is 0 Å². The second-order valence-corrected chi connectivity index (χ2v) is 6.03. The predicted octanol–water partition coefficient (Wildman–Crippen LogP) is 3.34. The molecule has 2 aliphatic rings. The van der Waals surface area contributed by atoms with E-state index >= 15 is 0 Å². The molecule has 17 heavy (non-hydrogen) atoms. The van der Waals surface area contributed by atoms with Crippen molar-refractivity contribution in [2.45, 2.75) is 51.4 Å². The summed E-state index contributed by atoms with van der Waals surface area (Å²) in [6.45, 7) is 0.743. The van der Waals surface area contributed by atoms with Crippen LogP contribution in [-0.2, 0) is 4.79 Å². The Hall–Kier alpha value is -0.240. The van der Waals surface area contributed by atoms with Crippen LogP contribution >= 0.6 is 11.6 Å². The van der Waals surface area contributed by atoms with Gasteiger partial charge in [-0.2, -0.15) is 0 Å². The lowest BCUT2D eigenvalue weighted by molar-refractivity contribution is -0.127. The van der Waals surface area contributed by atoms with Gasteiger partial charge in [0.2, 0.25) is 5.91 Å². The van der Waals surface area contributed by atoms with E-state index in [2.05, 4.69) is 5.32 Å². The summed E-state index contributed by atoms with van der Waals surface area (Å²) in [7, 11) is 0. The number of nitrogens with one attached hydrogen (secondary N) is 1. The molecule has 3 unspecified atom stereocenters. The van der Waals surface area contributed by atoms with Crippen molar-refractivity contribution in [2.24, 2.45) is 17.8 Å². The molecule has 2 rings (SSSR count). The van der Waals surface area contributed by atoms with Crippen LogP contribution < -0.4 is 5.32 Å². The normalized spacial score (nSPS) is 32.9. The summed E-state index contributed by atoms with van der Waals surface area (Å²) in [4.78, 5) is 12.0.